The maximum atomic E-state index is 13.3. The van der Waals surface area contributed by atoms with Crippen molar-refractivity contribution in [3.63, 3.8) is 0 Å². The van der Waals surface area contributed by atoms with Crippen molar-refractivity contribution in [1.29, 1.82) is 0 Å². The Morgan fingerprint density at radius 1 is 1.33 bits per heavy atom. The molecule has 0 unspecified atom stereocenters. The topological polar surface area (TPSA) is 59.2 Å². The van der Waals surface area contributed by atoms with E-state index >= 15 is 0 Å². The number of alkyl halides is 3. The summed E-state index contributed by atoms with van der Waals surface area (Å²) in [4.78, 5) is 25.0. The first kappa shape index (κ1) is 19.1. The molecule has 128 valence electrons. The number of aromatic nitrogens is 1. The Morgan fingerprint density at radius 2 is 2.00 bits per heavy atom. The molecule has 1 aromatic carbocycles. The van der Waals surface area contributed by atoms with Gasteiger partial charge in [0, 0.05) is 4.90 Å². The van der Waals surface area contributed by atoms with Crippen LogP contribution in [0.25, 0.3) is 0 Å². The average molecular weight is 415 g/mol. The van der Waals surface area contributed by atoms with Gasteiger partial charge < -0.3 is 9.72 Å². The van der Waals surface area contributed by atoms with Crippen molar-refractivity contribution >= 4 is 52.9 Å². The fourth-order valence-corrected chi connectivity index (χ4v) is 3.56. The van der Waals surface area contributed by atoms with Crippen LogP contribution >= 0.6 is 46.6 Å². The Hall–Kier alpha value is -1.28. The second-order valence-corrected chi connectivity index (χ2v) is 6.71. The number of aldehydes is 1. The van der Waals surface area contributed by atoms with Gasteiger partial charge in [-0.3, -0.25) is 9.59 Å². The van der Waals surface area contributed by atoms with Gasteiger partial charge >= 0.3 is 5.38 Å². The molecule has 0 saturated heterocycles. The van der Waals surface area contributed by atoms with Gasteiger partial charge in [0.15, 0.2) is 6.29 Å². The molecule has 0 fully saturated rings. The SMILES string of the molecule is COc1ccc(Cl)c(Sc2cc(C(F)(F)Cl)[nH]c(=O)c2C=O)c1Cl. The van der Waals surface area contributed by atoms with Gasteiger partial charge in [0.05, 0.1) is 27.6 Å². The van der Waals surface area contributed by atoms with Crippen LogP contribution in [0.2, 0.25) is 10.0 Å². The van der Waals surface area contributed by atoms with Crippen LogP contribution in [0.5, 0.6) is 5.75 Å². The van der Waals surface area contributed by atoms with Gasteiger partial charge in [-0.2, -0.15) is 8.78 Å². The number of halogens is 5. The molecular weight excluding hydrogens is 407 g/mol. The molecule has 24 heavy (non-hydrogen) atoms. The monoisotopic (exact) mass is 413 g/mol. The first-order valence-corrected chi connectivity index (χ1v) is 8.13. The van der Waals surface area contributed by atoms with Gasteiger partial charge in [-0.25, -0.2) is 0 Å². The number of nitrogens with one attached hydrogen (secondary N) is 1. The quantitative estimate of drug-likeness (QED) is 0.556. The molecule has 0 amide bonds. The normalized spacial score (nSPS) is 11.4. The van der Waals surface area contributed by atoms with Crippen molar-refractivity contribution in [2.45, 2.75) is 15.2 Å². The standard InChI is InChI=1S/C14H8Cl3F2NO3S/c1-23-8-3-2-7(15)12(11(8)16)24-9-4-10(14(17,18)19)20-13(22)6(9)5-21/h2-5H,1H3,(H,20,22). The third-order valence-electron chi connectivity index (χ3n) is 2.90. The first-order chi connectivity index (χ1) is 11.2. The van der Waals surface area contributed by atoms with E-state index in [2.05, 4.69) is 0 Å². The lowest BCUT2D eigenvalue weighted by molar-refractivity contribution is 0.0891. The Kier molecular flexibility index (Phi) is 5.80. The predicted molar refractivity (Wildman–Crippen MR) is 89.3 cm³/mol. The zero-order valence-corrected chi connectivity index (χ0v) is 14.9. The summed E-state index contributed by atoms with van der Waals surface area (Å²) >= 11 is 17.9. The number of methoxy groups -OCH3 is 1. The molecule has 1 aromatic heterocycles. The number of H-pyrrole nitrogens is 1. The molecule has 0 bridgehead atoms. The highest BCUT2D eigenvalue weighted by molar-refractivity contribution is 7.99. The van der Waals surface area contributed by atoms with Crippen LogP contribution in [0.1, 0.15) is 16.1 Å². The van der Waals surface area contributed by atoms with Crippen molar-refractivity contribution in [2.24, 2.45) is 0 Å². The smallest absolute Gasteiger partial charge is 0.362 e. The molecule has 4 nitrogen and oxygen atoms in total. The van der Waals surface area contributed by atoms with Crippen molar-refractivity contribution in [3.05, 3.63) is 49.9 Å². The second kappa shape index (κ2) is 7.31. The Labute approximate surface area is 154 Å². The number of pyridine rings is 1. The third kappa shape index (κ3) is 3.85. The maximum absolute atomic E-state index is 13.3. The number of carbonyl (C=O) groups is 1. The molecule has 1 heterocycles. The summed E-state index contributed by atoms with van der Waals surface area (Å²) in [7, 11) is 1.39. The van der Waals surface area contributed by atoms with Gasteiger partial charge in [0.1, 0.15) is 11.4 Å². The van der Waals surface area contributed by atoms with E-state index < -0.39 is 16.6 Å². The number of ether oxygens (including phenoxy) is 1. The summed E-state index contributed by atoms with van der Waals surface area (Å²) in [5.74, 6) is 0.295. The fourth-order valence-electron chi connectivity index (χ4n) is 1.77. The van der Waals surface area contributed by atoms with Gasteiger partial charge in [-0.15, -0.1) is 0 Å². The van der Waals surface area contributed by atoms with E-state index in [1.54, 1.807) is 0 Å². The average Bonchev–Trinajstić information content (AvgIpc) is 2.50. The van der Waals surface area contributed by atoms with Crippen molar-refractivity contribution in [2.75, 3.05) is 7.11 Å². The Balaban J connectivity index is 2.64. The van der Waals surface area contributed by atoms with Crippen LogP contribution in [0.4, 0.5) is 8.78 Å². The highest BCUT2D eigenvalue weighted by Crippen LogP contribution is 2.44. The second-order valence-electron chi connectivity index (χ2n) is 4.40. The lowest BCUT2D eigenvalue weighted by Gasteiger charge is -2.13. The highest BCUT2D eigenvalue weighted by atomic mass is 35.5. The molecule has 0 radical (unpaired) electrons. The van der Waals surface area contributed by atoms with Crippen molar-refractivity contribution in [1.82, 2.24) is 4.98 Å². The Morgan fingerprint density at radius 3 is 2.54 bits per heavy atom. The highest BCUT2D eigenvalue weighted by Gasteiger charge is 2.31. The summed E-state index contributed by atoms with van der Waals surface area (Å²) in [6, 6.07) is 3.90. The fraction of sp³-hybridized carbons (Fsp3) is 0.143. The Bertz CT molecular complexity index is 852. The largest absolute Gasteiger partial charge is 0.495 e. The van der Waals surface area contributed by atoms with Gasteiger partial charge in [-0.1, -0.05) is 35.0 Å². The zero-order valence-electron chi connectivity index (χ0n) is 11.8. The number of hydrogen-bond acceptors (Lipinski definition) is 4. The number of hydrogen-bond donors (Lipinski definition) is 1. The number of benzene rings is 1. The molecule has 0 atom stereocenters. The van der Waals surface area contributed by atoms with Crippen LogP contribution in [0.3, 0.4) is 0 Å². The molecule has 0 spiro atoms. The maximum Gasteiger partial charge on any atom is 0.362 e. The lowest BCUT2D eigenvalue weighted by atomic mass is 10.2. The molecule has 2 rings (SSSR count). The summed E-state index contributed by atoms with van der Waals surface area (Å²) in [5, 5.41) is -3.49. The van der Waals surface area contributed by atoms with Crippen LogP contribution < -0.4 is 10.3 Å². The molecule has 10 heteroatoms. The van der Waals surface area contributed by atoms with Gasteiger partial charge in [-0.05, 0) is 29.8 Å². The van der Waals surface area contributed by atoms with Crippen LogP contribution in [-0.2, 0) is 5.38 Å². The van der Waals surface area contributed by atoms with Crippen LogP contribution in [0.15, 0.2) is 32.8 Å². The minimum Gasteiger partial charge on any atom is -0.495 e. The molecule has 1 N–H and O–H groups in total. The van der Waals surface area contributed by atoms with E-state index in [1.165, 1.54) is 19.2 Å². The summed E-state index contributed by atoms with van der Waals surface area (Å²) in [6.45, 7) is 0. The first-order valence-electron chi connectivity index (χ1n) is 6.18. The minimum absolute atomic E-state index is 0.0684. The van der Waals surface area contributed by atoms with Crippen LogP contribution in [-0.4, -0.2) is 18.4 Å². The predicted octanol–water partition coefficient (Wildman–Crippen LogP) is 4.94. The van der Waals surface area contributed by atoms with Gasteiger partial charge in [0.25, 0.3) is 5.56 Å². The lowest BCUT2D eigenvalue weighted by Crippen LogP contribution is -2.20. The number of carbonyl (C=O) groups excluding carboxylic acids is 1. The van der Waals surface area contributed by atoms with E-state index in [9.17, 15) is 18.4 Å². The van der Waals surface area contributed by atoms with Crippen molar-refractivity contribution in [3.8, 4) is 5.75 Å². The third-order valence-corrected chi connectivity index (χ3v) is 5.21. The molecule has 0 saturated carbocycles. The minimum atomic E-state index is -3.81. The molecule has 2 aromatic rings. The molecular formula is C14H8Cl3F2NO3S. The molecule has 0 aliphatic heterocycles. The molecule has 0 aliphatic rings. The number of aromatic amines is 1. The summed E-state index contributed by atoms with van der Waals surface area (Å²) < 4.78 is 31.6. The van der Waals surface area contributed by atoms with E-state index in [1.807, 2.05) is 4.98 Å². The van der Waals surface area contributed by atoms with Crippen molar-refractivity contribution < 1.29 is 18.3 Å². The van der Waals surface area contributed by atoms with E-state index in [4.69, 9.17) is 39.5 Å². The number of rotatable bonds is 5. The van der Waals surface area contributed by atoms with Crippen LogP contribution in [0, 0.1) is 0 Å². The summed E-state index contributed by atoms with van der Waals surface area (Å²) in [5.41, 5.74) is -2.20. The summed E-state index contributed by atoms with van der Waals surface area (Å²) in [6.07, 6.45) is 0.249. The van der Waals surface area contributed by atoms with Gasteiger partial charge in [0.2, 0.25) is 0 Å². The molecule has 0 aliphatic carbocycles. The zero-order chi connectivity index (χ0) is 18.1. The van der Waals surface area contributed by atoms with E-state index in [0.717, 1.165) is 17.8 Å². The van der Waals surface area contributed by atoms with E-state index in [-0.39, 0.29) is 31.7 Å². The van der Waals surface area contributed by atoms with E-state index in [0.29, 0.717) is 5.75 Å².